The minimum absolute atomic E-state index is 0.316. The zero-order chi connectivity index (χ0) is 12.1. The molecule has 5 heteroatoms. The van der Waals surface area contributed by atoms with Gasteiger partial charge in [0.1, 0.15) is 5.75 Å². The predicted octanol–water partition coefficient (Wildman–Crippen LogP) is 1.68. The van der Waals surface area contributed by atoms with Crippen LogP contribution in [0.4, 0.5) is 0 Å². The Labute approximate surface area is 99.8 Å². The van der Waals surface area contributed by atoms with Crippen LogP contribution in [0.25, 0.3) is 0 Å². The molecule has 0 aliphatic carbocycles. The van der Waals surface area contributed by atoms with Gasteiger partial charge < -0.3 is 14.6 Å². The Balaban J connectivity index is 2.08. The van der Waals surface area contributed by atoms with E-state index in [9.17, 15) is 0 Å². The average molecular weight is 233 g/mol. The van der Waals surface area contributed by atoms with Gasteiger partial charge in [-0.15, -0.1) is 0 Å². The van der Waals surface area contributed by atoms with Crippen LogP contribution in [0.3, 0.4) is 0 Å². The van der Waals surface area contributed by atoms with Crippen LogP contribution in [0.2, 0.25) is 0 Å². The maximum atomic E-state index is 5.66. The second-order valence-electron chi connectivity index (χ2n) is 3.78. The molecule has 0 fully saturated rings. The second kappa shape index (κ2) is 5.45. The first kappa shape index (κ1) is 11.6. The molecule has 17 heavy (non-hydrogen) atoms. The van der Waals surface area contributed by atoms with Crippen LogP contribution in [0.5, 0.6) is 5.75 Å². The Bertz CT molecular complexity index is 469. The Kier molecular flexibility index (Phi) is 3.72. The molecular formula is C12H15N3O2. The number of nitrogens with one attached hydrogen (secondary N) is 1. The maximum Gasteiger partial charge on any atom is 0.213 e. The van der Waals surface area contributed by atoms with E-state index in [4.69, 9.17) is 4.74 Å². The third-order valence-corrected chi connectivity index (χ3v) is 2.35. The van der Waals surface area contributed by atoms with Gasteiger partial charge in [0.15, 0.2) is 6.61 Å². The molecule has 0 atom stereocenters. The molecule has 0 saturated carbocycles. The smallest absolute Gasteiger partial charge is 0.213 e. The van der Waals surface area contributed by atoms with Crippen molar-refractivity contribution in [3.63, 3.8) is 0 Å². The van der Waals surface area contributed by atoms with E-state index in [-0.39, 0.29) is 0 Å². The van der Waals surface area contributed by atoms with Crippen LogP contribution in [-0.2, 0) is 13.2 Å². The van der Waals surface area contributed by atoms with Gasteiger partial charge in [-0.25, -0.2) is 0 Å². The topological polar surface area (TPSA) is 60.2 Å². The molecule has 90 valence electrons. The summed E-state index contributed by atoms with van der Waals surface area (Å²) < 4.78 is 10.3. The van der Waals surface area contributed by atoms with Crippen LogP contribution in [0, 0.1) is 6.92 Å². The van der Waals surface area contributed by atoms with Crippen molar-refractivity contribution in [2.45, 2.75) is 20.1 Å². The van der Waals surface area contributed by atoms with Gasteiger partial charge in [-0.2, -0.15) is 4.98 Å². The molecule has 0 unspecified atom stereocenters. The third kappa shape index (κ3) is 3.04. The highest BCUT2D eigenvalue weighted by molar-refractivity contribution is 5.36. The van der Waals surface area contributed by atoms with Gasteiger partial charge in [-0.3, -0.25) is 0 Å². The normalized spacial score (nSPS) is 10.5. The highest BCUT2D eigenvalue weighted by Crippen LogP contribution is 2.20. The molecule has 1 aromatic carbocycles. The van der Waals surface area contributed by atoms with Crippen molar-refractivity contribution in [1.82, 2.24) is 15.5 Å². The van der Waals surface area contributed by atoms with E-state index >= 15 is 0 Å². The lowest BCUT2D eigenvalue weighted by atomic mass is 10.1. The lowest BCUT2D eigenvalue weighted by Gasteiger charge is -2.10. The highest BCUT2D eigenvalue weighted by atomic mass is 16.5. The fraction of sp³-hybridized carbons (Fsp3) is 0.333. The number of aryl methyl sites for hydroxylation is 1. The molecule has 0 radical (unpaired) electrons. The summed E-state index contributed by atoms with van der Waals surface area (Å²) in [6, 6.07) is 6.08. The van der Waals surface area contributed by atoms with Crippen molar-refractivity contribution in [3.8, 4) is 5.75 Å². The fourth-order valence-electron chi connectivity index (χ4n) is 1.58. The van der Waals surface area contributed by atoms with E-state index in [0.717, 1.165) is 17.9 Å². The van der Waals surface area contributed by atoms with E-state index in [2.05, 4.69) is 33.0 Å². The average Bonchev–Trinajstić information content (AvgIpc) is 2.81. The van der Waals surface area contributed by atoms with Crippen LogP contribution < -0.4 is 10.1 Å². The molecule has 1 heterocycles. The van der Waals surface area contributed by atoms with Gasteiger partial charge in [0.05, 0.1) is 0 Å². The van der Waals surface area contributed by atoms with Crippen molar-refractivity contribution >= 4 is 0 Å². The lowest BCUT2D eigenvalue weighted by Crippen LogP contribution is -2.08. The standard InChI is InChI=1S/C12H15N3O2/c1-9-3-4-11(10(5-9)6-13-2)16-7-12-14-8-17-15-12/h3-5,8,13H,6-7H2,1-2H3. The zero-order valence-electron chi connectivity index (χ0n) is 9.93. The van der Waals surface area contributed by atoms with Crippen molar-refractivity contribution in [2.75, 3.05) is 7.05 Å². The Morgan fingerprint density at radius 1 is 1.41 bits per heavy atom. The monoisotopic (exact) mass is 233 g/mol. The fourth-order valence-corrected chi connectivity index (χ4v) is 1.58. The van der Waals surface area contributed by atoms with Crippen LogP contribution in [0.15, 0.2) is 29.1 Å². The van der Waals surface area contributed by atoms with Crippen molar-refractivity contribution < 1.29 is 9.26 Å². The Morgan fingerprint density at radius 3 is 3.00 bits per heavy atom. The van der Waals surface area contributed by atoms with Crippen molar-refractivity contribution in [3.05, 3.63) is 41.5 Å². The quantitative estimate of drug-likeness (QED) is 0.851. The minimum Gasteiger partial charge on any atom is -0.485 e. The predicted molar refractivity (Wildman–Crippen MR) is 62.6 cm³/mol. The van der Waals surface area contributed by atoms with Crippen LogP contribution in [-0.4, -0.2) is 17.2 Å². The van der Waals surface area contributed by atoms with E-state index in [1.165, 1.54) is 12.0 Å². The molecule has 2 aromatic rings. The molecule has 2 rings (SSSR count). The summed E-state index contributed by atoms with van der Waals surface area (Å²) in [5.41, 5.74) is 2.33. The lowest BCUT2D eigenvalue weighted by molar-refractivity contribution is 0.283. The van der Waals surface area contributed by atoms with Crippen LogP contribution >= 0.6 is 0 Å². The van der Waals surface area contributed by atoms with Gasteiger partial charge >= 0.3 is 0 Å². The first-order chi connectivity index (χ1) is 8.29. The van der Waals surface area contributed by atoms with Crippen molar-refractivity contribution in [1.29, 1.82) is 0 Å². The Hall–Kier alpha value is -1.88. The van der Waals surface area contributed by atoms with Gasteiger partial charge in [-0.05, 0) is 20.0 Å². The van der Waals surface area contributed by atoms with Gasteiger partial charge in [-0.1, -0.05) is 22.9 Å². The summed E-state index contributed by atoms with van der Waals surface area (Å²) in [4.78, 5) is 3.91. The molecule has 0 aliphatic rings. The summed E-state index contributed by atoms with van der Waals surface area (Å²) in [7, 11) is 1.91. The summed E-state index contributed by atoms with van der Waals surface area (Å²) in [5.74, 6) is 1.38. The summed E-state index contributed by atoms with van der Waals surface area (Å²) >= 11 is 0. The molecule has 0 amide bonds. The number of hydrogen-bond donors (Lipinski definition) is 1. The molecule has 1 N–H and O–H groups in total. The number of aromatic nitrogens is 2. The minimum atomic E-state index is 0.316. The van der Waals surface area contributed by atoms with E-state index in [1.807, 2.05) is 19.2 Å². The first-order valence-corrected chi connectivity index (χ1v) is 5.42. The number of hydrogen-bond acceptors (Lipinski definition) is 5. The Morgan fingerprint density at radius 2 is 2.29 bits per heavy atom. The number of nitrogens with zero attached hydrogens (tertiary/aromatic N) is 2. The molecule has 0 bridgehead atoms. The number of rotatable bonds is 5. The van der Waals surface area contributed by atoms with E-state index in [0.29, 0.717) is 12.4 Å². The van der Waals surface area contributed by atoms with Gasteiger partial charge in [0.2, 0.25) is 12.2 Å². The van der Waals surface area contributed by atoms with Gasteiger partial charge in [0.25, 0.3) is 0 Å². The van der Waals surface area contributed by atoms with E-state index < -0.39 is 0 Å². The maximum absolute atomic E-state index is 5.66. The molecule has 1 aromatic heterocycles. The zero-order valence-corrected chi connectivity index (χ0v) is 9.93. The number of benzene rings is 1. The second-order valence-corrected chi connectivity index (χ2v) is 3.78. The summed E-state index contributed by atoms with van der Waals surface area (Å²) in [5, 5.41) is 6.81. The SMILES string of the molecule is CNCc1cc(C)ccc1OCc1ncon1. The van der Waals surface area contributed by atoms with Crippen molar-refractivity contribution in [2.24, 2.45) is 0 Å². The first-order valence-electron chi connectivity index (χ1n) is 5.42. The molecule has 5 nitrogen and oxygen atoms in total. The summed E-state index contributed by atoms with van der Waals surface area (Å²) in [6.45, 7) is 3.14. The third-order valence-electron chi connectivity index (χ3n) is 2.35. The molecule has 0 saturated heterocycles. The largest absolute Gasteiger partial charge is 0.485 e. The molecular weight excluding hydrogens is 218 g/mol. The molecule has 0 aliphatic heterocycles. The number of ether oxygens (including phenoxy) is 1. The molecule has 0 spiro atoms. The van der Waals surface area contributed by atoms with Crippen LogP contribution in [0.1, 0.15) is 17.0 Å². The van der Waals surface area contributed by atoms with E-state index in [1.54, 1.807) is 0 Å². The summed E-state index contributed by atoms with van der Waals surface area (Å²) in [6.07, 6.45) is 1.29. The highest BCUT2D eigenvalue weighted by Gasteiger charge is 2.05. The van der Waals surface area contributed by atoms with Gasteiger partial charge in [0, 0.05) is 12.1 Å².